The Balaban J connectivity index is 1.73. The summed E-state index contributed by atoms with van der Waals surface area (Å²) < 4.78 is 58.0. The van der Waals surface area contributed by atoms with E-state index in [0.717, 1.165) is 17.3 Å². The molecule has 0 fully saturated rings. The molecule has 0 aliphatic heterocycles. The third-order valence-corrected chi connectivity index (χ3v) is 10.2. The van der Waals surface area contributed by atoms with Crippen molar-refractivity contribution < 1.29 is 22.0 Å². The second-order valence-electron chi connectivity index (χ2n) is 10.4. The molecule has 14 heteroatoms. The van der Waals surface area contributed by atoms with E-state index in [1.54, 1.807) is 49.0 Å². The number of thioether (sulfide) groups is 1. The molecule has 0 spiro atoms. The standard InChI is InChI=1S/C29H27Cl3F2N4O3S2/c1-16(2)36-27(39)37-43(40,41)26-23(34)12-5-17(25(26)32)15-42-28-35-14-24(38(28)20-9-7-19(33)8-10-20)29(3,4)18-6-11-21(30)22(31)13-18/h5-14,16H,15H2,1-4H3,(H2,36,37,39). The van der Waals surface area contributed by atoms with E-state index in [1.807, 2.05) is 24.5 Å². The number of carbonyl (C=O) groups is 1. The van der Waals surface area contributed by atoms with Crippen LogP contribution in [0, 0.1) is 11.6 Å². The fraction of sp³-hybridized carbons (Fsp3) is 0.241. The molecule has 0 aliphatic carbocycles. The summed E-state index contributed by atoms with van der Waals surface area (Å²) in [5.41, 5.74) is 1.86. The number of urea groups is 1. The van der Waals surface area contributed by atoms with Gasteiger partial charge in [0.1, 0.15) is 16.5 Å². The lowest BCUT2D eigenvalue weighted by atomic mass is 9.81. The number of rotatable bonds is 9. The highest BCUT2D eigenvalue weighted by atomic mass is 35.5. The lowest BCUT2D eigenvalue weighted by Gasteiger charge is -2.28. The van der Waals surface area contributed by atoms with Crippen molar-refractivity contribution in [2.24, 2.45) is 0 Å². The first-order valence-corrected chi connectivity index (χ1v) is 16.4. The van der Waals surface area contributed by atoms with Gasteiger partial charge in [-0.15, -0.1) is 0 Å². The first-order valence-electron chi connectivity index (χ1n) is 12.8. The molecule has 2 amide bonds. The lowest BCUT2D eigenvalue weighted by molar-refractivity contribution is 0.243. The lowest BCUT2D eigenvalue weighted by Crippen LogP contribution is -2.42. The second-order valence-corrected chi connectivity index (χ2v) is 14.1. The molecule has 1 aromatic heterocycles. The van der Waals surface area contributed by atoms with E-state index in [9.17, 15) is 22.0 Å². The summed E-state index contributed by atoms with van der Waals surface area (Å²) in [7, 11) is -4.63. The van der Waals surface area contributed by atoms with E-state index >= 15 is 0 Å². The molecule has 0 radical (unpaired) electrons. The smallest absolute Gasteiger partial charge is 0.328 e. The van der Waals surface area contributed by atoms with Gasteiger partial charge in [-0.05, 0) is 67.4 Å². The van der Waals surface area contributed by atoms with Crippen LogP contribution in [0.15, 0.2) is 70.8 Å². The monoisotopic (exact) mass is 686 g/mol. The van der Waals surface area contributed by atoms with Crippen LogP contribution in [0.1, 0.15) is 44.5 Å². The molecule has 0 unspecified atom stereocenters. The zero-order valence-electron chi connectivity index (χ0n) is 23.4. The van der Waals surface area contributed by atoms with Crippen molar-refractivity contribution in [2.45, 2.75) is 55.0 Å². The van der Waals surface area contributed by atoms with Gasteiger partial charge in [-0.3, -0.25) is 4.57 Å². The zero-order chi connectivity index (χ0) is 31.7. The minimum Gasteiger partial charge on any atom is -0.335 e. The van der Waals surface area contributed by atoms with Crippen molar-refractivity contribution in [3.63, 3.8) is 0 Å². The van der Waals surface area contributed by atoms with Gasteiger partial charge in [0.15, 0.2) is 5.16 Å². The first-order chi connectivity index (χ1) is 20.1. The molecule has 3 aromatic carbocycles. The van der Waals surface area contributed by atoms with Gasteiger partial charge in [-0.1, -0.05) is 72.5 Å². The Bertz CT molecular complexity index is 1780. The third kappa shape index (κ3) is 7.29. The number of carbonyl (C=O) groups excluding carboxylic acids is 1. The Morgan fingerprint density at radius 3 is 2.33 bits per heavy atom. The maximum atomic E-state index is 14.8. The number of sulfonamides is 1. The Morgan fingerprint density at radius 2 is 1.70 bits per heavy atom. The molecule has 0 bridgehead atoms. The fourth-order valence-electron chi connectivity index (χ4n) is 4.29. The van der Waals surface area contributed by atoms with Crippen LogP contribution in [0.5, 0.6) is 0 Å². The molecule has 2 N–H and O–H groups in total. The van der Waals surface area contributed by atoms with E-state index in [2.05, 4.69) is 10.3 Å². The summed E-state index contributed by atoms with van der Waals surface area (Å²) in [6.45, 7) is 7.25. The Hall–Kier alpha value is -2.83. The van der Waals surface area contributed by atoms with E-state index in [0.29, 0.717) is 20.9 Å². The molecule has 4 rings (SSSR count). The highest BCUT2D eigenvalue weighted by molar-refractivity contribution is 7.98. The van der Waals surface area contributed by atoms with Crippen LogP contribution in [0.2, 0.25) is 15.1 Å². The number of aromatic nitrogens is 2. The molecule has 228 valence electrons. The molecule has 1 heterocycles. The largest absolute Gasteiger partial charge is 0.335 e. The van der Waals surface area contributed by atoms with Crippen LogP contribution in [0.25, 0.3) is 5.69 Å². The summed E-state index contributed by atoms with van der Waals surface area (Å²) in [5, 5.41) is 3.30. The van der Waals surface area contributed by atoms with Gasteiger partial charge in [-0.2, -0.15) is 0 Å². The SMILES string of the molecule is CC(C)NC(=O)NS(=O)(=O)c1c(F)ccc(CSc2ncc(C(C)(C)c3ccc(Cl)c(Cl)c3)n2-c2ccc(F)cc2)c1Cl. The van der Waals surface area contributed by atoms with Crippen LogP contribution < -0.4 is 10.0 Å². The number of imidazole rings is 1. The molecular formula is C29H27Cl3F2N4O3S2. The minimum absolute atomic E-state index is 0.0880. The Kier molecular flexibility index (Phi) is 10.0. The van der Waals surface area contributed by atoms with Crippen molar-refractivity contribution >= 4 is 62.6 Å². The summed E-state index contributed by atoms with van der Waals surface area (Å²) in [4.78, 5) is 15.8. The quantitative estimate of drug-likeness (QED) is 0.173. The molecular weight excluding hydrogens is 661 g/mol. The van der Waals surface area contributed by atoms with Gasteiger partial charge in [0.05, 0.1) is 27.0 Å². The van der Waals surface area contributed by atoms with Gasteiger partial charge in [-0.25, -0.2) is 31.7 Å². The molecule has 4 aromatic rings. The zero-order valence-corrected chi connectivity index (χ0v) is 27.3. The molecule has 0 aliphatic rings. The molecule has 0 saturated carbocycles. The Labute approximate surface area is 268 Å². The molecule has 0 atom stereocenters. The van der Waals surface area contributed by atoms with E-state index < -0.39 is 38.0 Å². The average Bonchev–Trinajstić information content (AvgIpc) is 3.34. The fourth-order valence-corrected chi connectivity index (χ4v) is 7.27. The number of hydrogen-bond acceptors (Lipinski definition) is 5. The van der Waals surface area contributed by atoms with Crippen LogP contribution in [0.3, 0.4) is 0 Å². The highest BCUT2D eigenvalue weighted by Gasteiger charge is 2.31. The van der Waals surface area contributed by atoms with Crippen LogP contribution in [-0.4, -0.2) is 30.0 Å². The number of nitrogens with one attached hydrogen (secondary N) is 2. The van der Waals surface area contributed by atoms with Gasteiger partial charge < -0.3 is 5.32 Å². The summed E-state index contributed by atoms with van der Waals surface area (Å²) >= 11 is 20.1. The number of amides is 2. The number of nitrogens with zero attached hydrogens (tertiary/aromatic N) is 2. The van der Waals surface area contributed by atoms with E-state index in [-0.39, 0.29) is 22.4 Å². The van der Waals surface area contributed by atoms with Gasteiger partial charge in [0.25, 0.3) is 10.0 Å². The van der Waals surface area contributed by atoms with Gasteiger partial charge in [0, 0.05) is 22.9 Å². The first kappa shape index (κ1) is 33.1. The maximum Gasteiger partial charge on any atom is 0.328 e. The summed E-state index contributed by atoms with van der Waals surface area (Å²) in [6, 6.07) is 12.2. The predicted molar refractivity (Wildman–Crippen MR) is 167 cm³/mol. The van der Waals surface area contributed by atoms with E-state index in [1.165, 1.54) is 30.0 Å². The maximum absolute atomic E-state index is 14.8. The number of hydrogen-bond donors (Lipinski definition) is 2. The van der Waals surface area contributed by atoms with Gasteiger partial charge in [0.2, 0.25) is 0 Å². The predicted octanol–water partition coefficient (Wildman–Crippen LogP) is 8.13. The van der Waals surface area contributed by atoms with Crippen molar-refractivity contribution in [3.8, 4) is 5.69 Å². The van der Waals surface area contributed by atoms with Crippen LogP contribution in [-0.2, 0) is 21.2 Å². The van der Waals surface area contributed by atoms with Crippen molar-refractivity contribution in [3.05, 3.63) is 104 Å². The average molecular weight is 688 g/mol. The molecule has 0 saturated heterocycles. The normalized spacial score (nSPS) is 12.0. The number of benzene rings is 3. The van der Waals surface area contributed by atoms with Crippen molar-refractivity contribution in [2.75, 3.05) is 0 Å². The summed E-state index contributed by atoms with van der Waals surface area (Å²) in [5.74, 6) is -1.43. The number of halogens is 5. The van der Waals surface area contributed by atoms with Gasteiger partial charge >= 0.3 is 6.03 Å². The highest BCUT2D eigenvalue weighted by Crippen LogP contribution is 2.39. The van der Waals surface area contributed by atoms with E-state index in [4.69, 9.17) is 34.8 Å². The summed E-state index contributed by atoms with van der Waals surface area (Å²) in [6.07, 6.45) is 1.69. The minimum atomic E-state index is -4.63. The van der Waals surface area contributed by atoms with Crippen LogP contribution in [0.4, 0.5) is 13.6 Å². The molecule has 43 heavy (non-hydrogen) atoms. The van der Waals surface area contributed by atoms with Crippen molar-refractivity contribution in [1.82, 2.24) is 19.6 Å². The van der Waals surface area contributed by atoms with Crippen molar-refractivity contribution in [1.29, 1.82) is 0 Å². The topological polar surface area (TPSA) is 93.1 Å². The third-order valence-electron chi connectivity index (χ3n) is 6.50. The second kappa shape index (κ2) is 13.0. The van der Waals surface area contributed by atoms with Crippen LogP contribution >= 0.6 is 46.6 Å². The Morgan fingerprint density at radius 1 is 1.02 bits per heavy atom. The molecule has 7 nitrogen and oxygen atoms in total.